The maximum Gasteiger partial charge on any atom is 0.317 e. The highest BCUT2D eigenvalue weighted by atomic mass is 16.5. The van der Waals surface area contributed by atoms with Gasteiger partial charge in [0.1, 0.15) is 0 Å². The number of urea groups is 1. The third-order valence-electron chi connectivity index (χ3n) is 3.63. The zero-order valence-electron chi connectivity index (χ0n) is 14.5. The molecule has 0 spiro atoms. The third-order valence-corrected chi connectivity index (χ3v) is 3.63. The molecule has 0 fully saturated rings. The highest BCUT2D eigenvalue weighted by molar-refractivity contribution is 5.74. The molecule has 1 aromatic heterocycles. The van der Waals surface area contributed by atoms with E-state index >= 15 is 0 Å². The first-order chi connectivity index (χ1) is 11.5. The van der Waals surface area contributed by atoms with Gasteiger partial charge in [-0.25, -0.2) is 9.78 Å². The lowest BCUT2D eigenvalue weighted by Gasteiger charge is -2.22. The molecule has 0 radical (unpaired) electrons. The first-order valence-electron chi connectivity index (χ1n) is 7.71. The summed E-state index contributed by atoms with van der Waals surface area (Å²) in [5.41, 5.74) is 0.965. The average molecular weight is 332 g/mol. The largest absolute Gasteiger partial charge is 0.493 e. The molecule has 0 bridgehead atoms. The topological polar surface area (TPSA) is 68.6 Å². The predicted molar refractivity (Wildman–Crippen MR) is 91.2 cm³/mol. The van der Waals surface area contributed by atoms with E-state index in [1.807, 2.05) is 35.9 Å². The molecular formula is C17H24N4O3. The highest BCUT2D eigenvalue weighted by Gasteiger charge is 2.14. The molecule has 2 rings (SSSR count). The van der Waals surface area contributed by atoms with Crippen LogP contribution in [0.25, 0.3) is 0 Å². The van der Waals surface area contributed by atoms with Gasteiger partial charge in [0.15, 0.2) is 11.5 Å². The number of imidazole rings is 1. The van der Waals surface area contributed by atoms with E-state index in [1.165, 1.54) is 0 Å². The Kier molecular flexibility index (Phi) is 6.06. The average Bonchev–Trinajstić information content (AvgIpc) is 3.07. The van der Waals surface area contributed by atoms with Gasteiger partial charge in [0.25, 0.3) is 0 Å². The summed E-state index contributed by atoms with van der Waals surface area (Å²) in [7, 11) is 4.95. The zero-order chi connectivity index (χ0) is 17.5. The Morgan fingerprint density at radius 3 is 2.71 bits per heavy atom. The molecule has 7 nitrogen and oxygen atoms in total. The minimum atomic E-state index is -0.127. The maximum absolute atomic E-state index is 12.3. The number of hydrogen-bond donors (Lipinski definition) is 1. The van der Waals surface area contributed by atoms with Gasteiger partial charge < -0.3 is 24.3 Å². The number of benzene rings is 1. The summed E-state index contributed by atoms with van der Waals surface area (Å²) < 4.78 is 12.4. The van der Waals surface area contributed by atoms with Crippen molar-refractivity contribution in [2.24, 2.45) is 0 Å². The minimum Gasteiger partial charge on any atom is -0.493 e. The Bertz CT molecular complexity index is 658. The van der Waals surface area contributed by atoms with Gasteiger partial charge in [0.2, 0.25) is 0 Å². The second-order valence-corrected chi connectivity index (χ2v) is 5.66. The predicted octanol–water partition coefficient (Wildman–Crippen LogP) is 2.13. The summed E-state index contributed by atoms with van der Waals surface area (Å²) in [6, 6.07) is 5.50. The fraction of sp³-hybridized carbons (Fsp3) is 0.412. The Labute approximate surface area is 142 Å². The van der Waals surface area contributed by atoms with Crippen LogP contribution in [0, 0.1) is 0 Å². The lowest BCUT2D eigenvalue weighted by molar-refractivity contribution is 0.202. The van der Waals surface area contributed by atoms with Crippen LogP contribution in [-0.2, 0) is 13.1 Å². The molecule has 0 aliphatic rings. The SMILES string of the molecule is COc1ccc(CN(C)C(=O)N[C@H](C)Cn2ccnc2)cc1OC. The van der Waals surface area contributed by atoms with Crippen molar-refractivity contribution in [3.63, 3.8) is 0 Å². The number of nitrogens with one attached hydrogen (secondary N) is 1. The Hall–Kier alpha value is -2.70. The summed E-state index contributed by atoms with van der Waals surface area (Å²) in [5, 5.41) is 2.97. The second kappa shape index (κ2) is 8.24. The van der Waals surface area contributed by atoms with E-state index < -0.39 is 0 Å². The van der Waals surface area contributed by atoms with Crippen LogP contribution in [0.3, 0.4) is 0 Å². The van der Waals surface area contributed by atoms with Crippen molar-refractivity contribution in [1.29, 1.82) is 0 Å². The molecule has 1 heterocycles. The van der Waals surface area contributed by atoms with Crippen molar-refractivity contribution in [2.75, 3.05) is 21.3 Å². The van der Waals surface area contributed by atoms with E-state index in [9.17, 15) is 4.79 Å². The van der Waals surface area contributed by atoms with E-state index in [0.717, 1.165) is 5.56 Å². The van der Waals surface area contributed by atoms with E-state index in [4.69, 9.17) is 9.47 Å². The van der Waals surface area contributed by atoms with Gasteiger partial charge in [-0.05, 0) is 24.6 Å². The monoisotopic (exact) mass is 332 g/mol. The summed E-state index contributed by atoms with van der Waals surface area (Å²) in [5.74, 6) is 1.32. The smallest absolute Gasteiger partial charge is 0.317 e. The van der Waals surface area contributed by atoms with Crippen molar-refractivity contribution in [1.82, 2.24) is 19.8 Å². The summed E-state index contributed by atoms with van der Waals surface area (Å²) >= 11 is 0. The number of rotatable bonds is 7. The number of nitrogens with zero attached hydrogens (tertiary/aromatic N) is 3. The molecule has 1 N–H and O–H groups in total. The van der Waals surface area contributed by atoms with Crippen LogP contribution < -0.4 is 14.8 Å². The van der Waals surface area contributed by atoms with Crippen LogP contribution in [0.1, 0.15) is 12.5 Å². The molecule has 0 saturated heterocycles. The first-order valence-corrected chi connectivity index (χ1v) is 7.71. The van der Waals surface area contributed by atoms with E-state index in [2.05, 4.69) is 10.3 Å². The minimum absolute atomic E-state index is 0.000413. The fourth-order valence-corrected chi connectivity index (χ4v) is 2.40. The third kappa shape index (κ3) is 4.65. The van der Waals surface area contributed by atoms with Crippen molar-refractivity contribution >= 4 is 6.03 Å². The second-order valence-electron chi connectivity index (χ2n) is 5.66. The van der Waals surface area contributed by atoms with Gasteiger partial charge in [-0.2, -0.15) is 0 Å². The summed E-state index contributed by atoms with van der Waals surface area (Å²) in [6.07, 6.45) is 5.32. The molecule has 130 valence electrons. The number of hydrogen-bond acceptors (Lipinski definition) is 4. The number of methoxy groups -OCH3 is 2. The van der Waals surface area contributed by atoms with Gasteiger partial charge in [-0.1, -0.05) is 6.07 Å². The molecular weight excluding hydrogens is 308 g/mol. The van der Waals surface area contributed by atoms with Gasteiger partial charge in [-0.15, -0.1) is 0 Å². The van der Waals surface area contributed by atoms with Crippen LogP contribution in [0.5, 0.6) is 11.5 Å². The van der Waals surface area contributed by atoms with Crippen molar-refractivity contribution in [3.05, 3.63) is 42.5 Å². The van der Waals surface area contributed by atoms with E-state index in [1.54, 1.807) is 38.7 Å². The number of carbonyl (C=O) groups is 1. The van der Waals surface area contributed by atoms with E-state index in [-0.39, 0.29) is 12.1 Å². The van der Waals surface area contributed by atoms with Crippen molar-refractivity contribution in [3.8, 4) is 11.5 Å². The molecule has 24 heavy (non-hydrogen) atoms. The van der Waals surface area contributed by atoms with Crippen molar-refractivity contribution < 1.29 is 14.3 Å². The van der Waals surface area contributed by atoms with Crippen LogP contribution in [0.2, 0.25) is 0 Å². The number of carbonyl (C=O) groups excluding carboxylic acids is 1. The Morgan fingerprint density at radius 1 is 1.33 bits per heavy atom. The lowest BCUT2D eigenvalue weighted by atomic mass is 10.2. The number of ether oxygens (including phenoxy) is 2. The normalized spacial score (nSPS) is 11.7. The van der Waals surface area contributed by atoms with Gasteiger partial charge in [0.05, 0.1) is 20.5 Å². The van der Waals surface area contributed by atoms with E-state index in [0.29, 0.717) is 24.6 Å². The van der Waals surface area contributed by atoms with Crippen molar-refractivity contribution in [2.45, 2.75) is 26.1 Å². The molecule has 2 aromatic rings. The summed E-state index contributed by atoms with van der Waals surface area (Å²) in [6.45, 7) is 3.11. The van der Waals surface area contributed by atoms with Crippen LogP contribution in [-0.4, -0.2) is 47.8 Å². The Balaban J connectivity index is 1.91. The lowest BCUT2D eigenvalue weighted by Crippen LogP contribution is -2.43. The maximum atomic E-state index is 12.3. The molecule has 0 aliphatic heterocycles. The van der Waals surface area contributed by atoms with Gasteiger partial charge in [-0.3, -0.25) is 0 Å². The molecule has 1 aromatic carbocycles. The molecule has 7 heteroatoms. The number of aromatic nitrogens is 2. The molecule has 0 saturated carbocycles. The quantitative estimate of drug-likeness (QED) is 0.843. The first kappa shape index (κ1) is 17.7. The van der Waals surface area contributed by atoms with Gasteiger partial charge >= 0.3 is 6.03 Å². The van der Waals surface area contributed by atoms with Crippen LogP contribution >= 0.6 is 0 Å². The standard InChI is InChI=1S/C17H24N4O3/c1-13(10-21-8-7-18-12-21)19-17(22)20(2)11-14-5-6-15(23-3)16(9-14)24-4/h5-9,12-13H,10-11H2,1-4H3,(H,19,22)/t13-/m1/s1. The summed E-state index contributed by atoms with van der Waals surface area (Å²) in [4.78, 5) is 17.9. The van der Waals surface area contributed by atoms with Crippen LogP contribution in [0.4, 0.5) is 4.79 Å². The van der Waals surface area contributed by atoms with Gasteiger partial charge in [0, 0.05) is 38.6 Å². The molecule has 1 atom stereocenters. The molecule has 2 amide bonds. The molecule has 0 unspecified atom stereocenters. The Morgan fingerprint density at radius 2 is 2.08 bits per heavy atom. The zero-order valence-corrected chi connectivity index (χ0v) is 14.5. The number of amides is 2. The fourth-order valence-electron chi connectivity index (χ4n) is 2.40. The highest BCUT2D eigenvalue weighted by Crippen LogP contribution is 2.27. The molecule has 0 aliphatic carbocycles. The van der Waals surface area contributed by atoms with Crippen LogP contribution in [0.15, 0.2) is 36.9 Å².